The highest BCUT2D eigenvalue weighted by Crippen LogP contribution is 1.84. The minimum Gasteiger partial charge on any atom is -0.394 e. The molecule has 0 aromatic rings. The lowest BCUT2D eigenvalue weighted by atomic mass is 10.2. The number of nitrogens with two attached hydrogens (primary N) is 1. The van der Waals surface area contributed by atoms with Gasteiger partial charge in [-0.15, -0.1) is 0 Å². The number of hydrogen-bond donors (Lipinski definition) is 4. The first-order valence-corrected chi connectivity index (χ1v) is 5.06. The van der Waals surface area contributed by atoms with Gasteiger partial charge in [0.15, 0.2) is 0 Å². The predicted molar refractivity (Wildman–Crippen MR) is 60.2 cm³/mol. The molecule has 0 aliphatic heterocycles. The molecule has 0 saturated heterocycles. The fraction of sp³-hybridized carbons (Fsp3) is 0.900. The lowest BCUT2D eigenvalue weighted by Gasteiger charge is -1.96. The SMILES string of the molecule is CC(C)C(N)=O.CCC.OCC(O)CO. The molecular formula is C10H25NO4. The van der Waals surface area contributed by atoms with Gasteiger partial charge in [0.05, 0.1) is 13.2 Å². The van der Waals surface area contributed by atoms with E-state index in [0.717, 1.165) is 0 Å². The lowest BCUT2D eigenvalue weighted by molar-refractivity contribution is -0.120. The number of amides is 1. The van der Waals surface area contributed by atoms with Crippen molar-refractivity contribution in [3.63, 3.8) is 0 Å². The molecule has 0 aliphatic carbocycles. The van der Waals surface area contributed by atoms with Crippen LogP contribution >= 0.6 is 0 Å². The van der Waals surface area contributed by atoms with Crippen molar-refractivity contribution in [2.45, 2.75) is 40.2 Å². The molecule has 0 spiro atoms. The van der Waals surface area contributed by atoms with Crippen LogP contribution in [0.25, 0.3) is 0 Å². The Morgan fingerprint density at radius 1 is 1.20 bits per heavy atom. The number of aliphatic hydroxyl groups excluding tert-OH is 3. The van der Waals surface area contributed by atoms with Gasteiger partial charge in [-0.25, -0.2) is 0 Å². The number of aliphatic hydroxyl groups is 3. The van der Waals surface area contributed by atoms with Crippen LogP contribution in [0.2, 0.25) is 0 Å². The van der Waals surface area contributed by atoms with Gasteiger partial charge in [-0.3, -0.25) is 4.79 Å². The van der Waals surface area contributed by atoms with Crippen LogP contribution < -0.4 is 5.73 Å². The maximum atomic E-state index is 9.92. The largest absolute Gasteiger partial charge is 0.394 e. The molecule has 0 atom stereocenters. The summed E-state index contributed by atoms with van der Waals surface area (Å²) in [6, 6.07) is 0. The third-order valence-corrected chi connectivity index (χ3v) is 0.991. The molecule has 0 bridgehead atoms. The Balaban J connectivity index is -0.000000153. The zero-order chi connectivity index (χ0) is 12.9. The molecule has 0 radical (unpaired) electrons. The minimum absolute atomic E-state index is 0.00926. The molecular weight excluding hydrogens is 198 g/mol. The highest BCUT2D eigenvalue weighted by molar-refractivity contribution is 5.75. The standard InChI is InChI=1S/C4H9NO.C3H8O3.C3H8/c1-3(2)4(5)6;4-1-3(6)2-5;1-3-2/h3H,1-2H3,(H2,5,6);3-6H,1-2H2;3H2,1-2H3. The van der Waals surface area contributed by atoms with Crippen LogP contribution in [0.4, 0.5) is 0 Å². The third kappa shape index (κ3) is 31.8. The van der Waals surface area contributed by atoms with E-state index in [0.29, 0.717) is 0 Å². The van der Waals surface area contributed by atoms with E-state index < -0.39 is 6.10 Å². The van der Waals surface area contributed by atoms with Crippen LogP contribution in [0.5, 0.6) is 0 Å². The molecule has 0 fully saturated rings. The van der Waals surface area contributed by atoms with Crippen molar-refractivity contribution < 1.29 is 20.1 Å². The molecule has 0 rings (SSSR count). The zero-order valence-corrected chi connectivity index (χ0v) is 10.1. The van der Waals surface area contributed by atoms with Crippen molar-refractivity contribution in [3.8, 4) is 0 Å². The summed E-state index contributed by atoms with van der Waals surface area (Å²) in [6.07, 6.45) is 0.296. The van der Waals surface area contributed by atoms with Crippen molar-refractivity contribution in [2.75, 3.05) is 13.2 Å². The van der Waals surface area contributed by atoms with Crippen molar-refractivity contribution in [3.05, 3.63) is 0 Å². The van der Waals surface area contributed by atoms with Gasteiger partial charge in [0, 0.05) is 5.92 Å². The fourth-order valence-electron chi connectivity index (χ4n) is 0.0577. The average molecular weight is 223 g/mol. The minimum atomic E-state index is -0.954. The average Bonchev–Trinajstić information content (AvgIpc) is 2.18. The highest BCUT2D eigenvalue weighted by atomic mass is 16.3. The molecule has 5 N–H and O–H groups in total. The highest BCUT2D eigenvalue weighted by Gasteiger charge is 1.96. The second kappa shape index (κ2) is 15.8. The van der Waals surface area contributed by atoms with E-state index in [4.69, 9.17) is 21.1 Å². The molecule has 5 nitrogen and oxygen atoms in total. The maximum absolute atomic E-state index is 9.92. The van der Waals surface area contributed by atoms with Crippen LogP contribution in [0, 0.1) is 5.92 Å². The molecule has 0 aromatic carbocycles. The topological polar surface area (TPSA) is 104 Å². The smallest absolute Gasteiger partial charge is 0.219 e. The normalized spacial score (nSPS) is 8.87. The van der Waals surface area contributed by atoms with Crippen molar-refractivity contribution in [1.82, 2.24) is 0 Å². The molecule has 1 amide bonds. The number of rotatable bonds is 3. The van der Waals surface area contributed by atoms with Crippen LogP contribution in [0.3, 0.4) is 0 Å². The molecule has 0 unspecified atom stereocenters. The van der Waals surface area contributed by atoms with E-state index in [1.807, 2.05) is 0 Å². The number of hydrogen-bond acceptors (Lipinski definition) is 4. The summed E-state index contributed by atoms with van der Waals surface area (Å²) >= 11 is 0. The molecule has 5 heteroatoms. The van der Waals surface area contributed by atoms with Gasteiger partial charge in [-0.1, -0.05) is 34.1 Å². The monoisotopic (exact) mass is 223 g/mol. The number of carbonyl (C=O) groups excluding carboxylic acids is 1. The zero-order valence-electron chi connectivity index (χ0n) is 10.1. The van der Waals surface area contributed by atoms with Crippen molar-refractivity contribution in [2.24, 2.45) is 11.7 Å². The Morgan fingerprint density at radius 2 is 1.40 bits per heavy atom. The summed E-state index contributed by atoms with van der Waals surface area (Å²) in [5.74, 6) is -0.250. The first kappa shape index (κ1) is 19.9. The quantitative estimate of drug-likeness (QED) is 0.535. The van der Waals surface area contributed by atoms with Gasteiger partial charge in [0.25, 0.3) is 0 Å². The Bertz CT molecular complexity index is 125. The van der Waals surface area contributed by atoms with Gasteiger partial charge in [-0.2, -0.15) is 0 Å². The molecule has 94 valence electrons. The third-order valence-electron chi connectivity index (χ3n) is 0.991. The summed E-state index contributed by atoms with van der Waals surface area (Å²) in [5, 5.41) is 24.0. The first-order valence-electron chi connectivity index (χ1n) is 5.06. The Morgan fingerprint density at radius 3 is 1.40 bits per heavy atom. The van der Waals surface area contributed by atoms with Gasteiger partial charge in [-0.05, 0) is 0 Å². The van der Waals surface area contributed by atoms with Crippen LogP contribution in [-0.2, 0) is 4.79 Å². The molecule has 0 heterocycles. The number of carbonyl (C=O) groups is 1. The predicted octanol–water partition coefficient (Wildman–Crippen LogP) is -0.124. The maximum Gasteiger partial charge on any atom is 0.219 e. The molecule has 0 saturated carbocycles. The van der Waals surface area contributed by atoms with Crippen molar-refractivity contribution >= 4 is 5.91 Å². The second-order valence-electron chi connectivity index (χ2n) is 3.28. The summed E-state index contributed by atoms with van der Waals surface area (Å²) in [4.78, 5) is 9.92. The van der Waals surface area contributed by atoms with Crippen LogP contribution in [0.1, 0.15) is 34.1 Å². The van der Waals surface area contributed by atoms with Crippen LogP contribution in [-0.4, -0.2) is 40.5 Å². The van der Waals surface area contributed by atoms with E-state index in [-0.39, 0.29) is 25.0 Å². The second-order valence-corrected chi connectivity index (χ2v) is 3.28. The summed E-state index contributed by atoms with van der Waals surface area (Å²) in [5.41, 5.74) is 4.80. The summed E-state index contributed by atoms with van der Waals surface area (Å²) in [7, 11) is 0. The van der Waals surface area contributed by atoms with Gasteiger partial charge in [0.1, 0.15) is 6.10 Å². The summed E-state index contributed by atoms with van der Waals surface area (Å²) < 4.78 is 0. The van der Waals surface area contributed by atoms with E-state index in [9.17, 15) is 4.79 Å². The molecule has 15 heavy (non-hydrogen) atoms. The van der Waals surface area contributed by atoms with E-state index in [2.05, 4.69) is 13.8 Å². The fourth-order valence-corrected chi connectivity index (χ4v) is 0.0577. The summed E-state index contributed by atoms with van der Waals surface area (Å²) in [6.45, 7) is 7.05. The van der Waals surface area contributed by atoms with Crippen molar-refractivity contribution in [1.29, 1.82) is 0 Å². The Hall–Kier alpha value is -0.650. The van der Waals surface area contributed by atoms with Gasteiger partial charge < -0.3 is 21.1 Å². The lowest BCUT2D eigenvalue weighted by Crippen LogP contribution is -2.17. The van der Waals surface area contributed by atoms with Crippen LogP contribution in [0.15, 0.2) is 0 Å². The Kier molecular flexibility index (Phi) is 20.9. The number of primary amides is 1. The Labute approximate surface area is 91.9 Å². The van der Waals surface area contributed by atoms with E-state index in [1.54, 1.807) is 13.8 Å². The molecule has 0 aromatic heterocycles. The van der Waals surface area contributed by atoms with E-state index >= 15 is 0 Å². The van der Waals surface area contributed by atoms with Gasteiger partial charge >= 0.3 is 0 Å². The molecule has 0 aliphatic rings. The van der Waals surface area contributed by atoms with Gasteiger partial charge in [0.2, 0.25) is 5.91 Å². The first-order chi connectivity index (χ1) is 6.87. The van der Waals surface area contributed by atoms with E-state index in [1.165, 1.54) is 6.42 Å².